The zero-order chi connectivity index (χ0) is 38.5. The molecule has 18 heteroatoms. The van der Waals surface area contributed by atoms with Crippen molar-refractivity contribution < 1.29 is 53.1 Å². The largest absolute Gasteiger partial charge is 0.456 e. The van der Waals surface area contributed by atoms with E-state index >= 15 is 0 Å². The molecule has 9 unspecified atom stereocenters. The minimum atomic E-state index is -1.88. The SMILES string of the molecule is CCCCCCCCCCCC(=O)OC1C(OC)C(C(OC2OC(C(=O)NC3CCCCNC3=O)=CC(O)C2O)C(N)=O)OC1n1ccc(=O)[nH]c1=O. The third kappa shape index (κ3) is 11.4. The van der Waals surface area contributed by atoms with Gasteiger partial charge < -0.3 is 50.3 Å². The number of carbonyl (C=O) groups excluding carboxylic acids is 4. The molecule has 3 aliphatic heterocycles. The van der Waals surface area contributed by atoms with Gasteiger partial charge in [-0.05, 0) is 31.8 Å². The summed E-state index contributed by atoms with van der Waals surface area (Å²) in [6.07, 6.45) is 0.265. The van der Waals surface area contributed by atoms with Crippen LogP contribution < -0.4 is 27.6 Å². The molecule has 0 radical (unpaired) electrons. The summed E-state index contributed by atoms with van der Waals surface area (Å²) in [7, 11) is 1.24. The van der Waals surface area contributed by atoms with Crippen LogP contribution in [0.4, 0.5) is 0 Å². The number of aromatic amines is 1. The highest BCUT2D eigenvalue weighted by Crippen LogP contribution is 2.36. The summed E-state index contributed by atoms with van der Waals surface area (Å²) in [6.45, 7) is 2.63. The number of carbonyl (C=O) groups is 4. The van der Waals surface area contributed by atoms with Crippen molar-refractivity contribution >= 4 is 23.7 Å². The van der Waals surface area contributed by atoms with E-state index in [9.17, 15) is 39.0 Å². The molecule has 1 aromatic heterocycles. The Morgan fingerprint density at radius 2 is 1.74 bits per heavy atom. The second-order valence-electron chi connectivity index (χ2n) is 13.5. The van der Waals surface area contributed by atoms with Crippen LogP contribution in [0.5, 0.6) is 0 Å². The first kappa shape index (κ1) is 41.7. The molecule has 2 fully saturated rings. The molecule has 18 nitrogen and oxygen atoms in total. The monoisotopic (exact) mass is 751 g/mol. The Labute approximate surface area is 306 Å². The third-order valence-electron chi connectivity index (χ3n) is 9.49. The van der Waals surface area contributed by atoms with E-state index < -0.39 is 95.9 Å². The Balaban J connectivity index is 1.48. The Bertz CT molecular complexity index is 1550. The molecule has 4 heterocycles. The van der Waals surface area contributed by atoms with Gasteiger partial charge in [-0.3, -0.25) is 33.5 Å². The number of aliphatic hydroxyl groups is 2. The third-order valence-corrected chi connectivity index (χ3v) is 9.49. The van der Waals surface area contributed by atoms with Gasteiger partial charge in [-0.25, -0.2) is 4.79 Å². The van der Waals surface area contributed by atoms with Crippen LogP contribution in [-0.4, -0.2) is 106 Å². The van der Waals surface area contributed by atoms with Crippen molar-refractivity contribution in [1.29, 1.82) is 0 Å². The van der Waals surface area contributed by atoms with Crippen LogP contribution in [0.3, 0.4) is 0 Å². The quantitative estimate of drug-likeness (QED) is 0.0798. The first-order valence-corrected chi connectivity index (χ1v) is 18.4. The Morgan fingerprint density at radius 1 is 1.04 bits per heavy atom. The van der Waals surface area contributed by atoms with Crippen molar-refractivity contribution in [2.75, 3.05) is 13.7 Å². The van der Waals surface area contributed by atoms with Gasteiger partial charge in [-0.15, -0.1) is 0 Å². The normalized spacial score (nSPS) is 27.8. The zero-order valence-corrected chi connectivity index (χ0v) is 30.2. The number of primary amides is 1. The molecule has 296 valence electrons. The summed E-state index contributed by atoms with van der Waals surface area (Å²) in [6, 6.07) is 0.174. The standard InChI is InChI=1S/C35H53N5O13/c1-3-4-5-6-7-8-9-10-11-15-24(43)51-29-26(49-2)27(52-33(29)40-18-16-23(42)39-35(40)48)28(30(36)45)53-34-25(44)21(41)19-22(50-34)32(47)38-20-14-12-13-17-37-31(20)46/h16,18-21,25-29,33-34,41,44H,3-15,17H2,1-2H3,(H2,36,45)(H,37,46)(H,38,47)(H,39,42,48). The van der Waals surface area contributed by atoms with Gasteiger partial charge in [-0.1, -0.05) is 58.3 Å². The topological polar surface area (TPSA) is 260 Å². The van der Waals surface area contributed by atoms with Gasteiger partial charge in [0.1, 0.15) is 30.5 Å². The molecule has 1 aromatic rings. The maximum Gasteiger partial charge on any atom is 0.330 e. The van der Waals surface area contributed by atoms with Crippen molar-refractivity contribution in [1.82, 2.24) is 20.2 Å². The lowest BCUT2D eigenvalue weighted by Gasteiger charge is -2.35. The zero-order valence-electron chi connectivity index (χ0n) is 30.2. The van der Waals surface area contributed by atoms with Gasteiger partial charge in [0.25, 0.3) is 11.5 Å². The molecule has 2 saturated heterocycles. The molecular weight excluding hydrogens is 698 g/mol. The van der Waals surface area contributed by atoms with Crippen LogP contribution in [0.25, 0.3) is 0 Å². The number of amides is 3. The maximum absolute atomic E-state index is 13.1. The number of ether oxygens (including phenoxy) is 5. The number of esters is 1. The highest BCUT2D eigenvalue weighted by atomic mass is 16.7. The molecule has 0 bridgehead atoms. The van der Waals surface area contributed by atoms with Gasteiger partial charge in [0.15, 0.2) is 24.2 Å². The number of nitrogens with zero attached hydrogens (tertiary/aromatic N) is 1. The number of hydrogen-bond donors (Lipinski definition) is 6. The molecule has 0 saturated carbocycles. The molecule has 7 N–H and O–H groups in total. The number of nitrogens with one attached hydrogen (secondary N) is 3. The number of H-pyrrole nitrogens is 1. The lowest BCUT2D eigenvalue weighted by molar-refractivity contribution is -0.241. The molecule has 4 rings (SSSR count). The smallest absolute Gasteiger partial charge is 0.330 e. The summed E-state index contributed by atoms with van der Waals surface area (Å²) in [5.41, 5.74) is 4.13. The molecular formula is C35H53N5O13. The van der Waals surface area contributed by atoms with Crippen molar-refractivity contribution in [3.05, 3.63) is 44.9 Å². The predicted molar refractivity (Wildman–Crippen MR) is 186 cm³/mol. The minimum absolute atomic E-state index is 0.0517. The summed E-state index contributed by atoms with van der Waals surface area (Å²) in [4.78, 5) is 78.4. The summed E-state index contributed by atoms with van der Waals surface area (Å²) in [5.74, 6) is -3.55. The second-order valence-corrected chi connectivity index (χ2v) is 13.5. The number of aromatic nitrogens is 2. The molecule has 9 atom stereocenters. The average molecular weight is 752 g/mol. The van der Waals surface area contributed by atoms with Gasteiger partial charge >= 0.3 is 11.7 Å². The maximum atomic E-state index is 13.1. The average Bonchev–Trinajstić information content (AvgIpc) is 3.33. The molecule has 0 aromatic carbocycles. The van der Waals surface area contributed by atoms with Crippen molar-refractivity contribution in [3.8, 4) is 0 Å². The number of methoxy groups -OCH3 is 1. The van der Waals surface area contributed by atoms with E-state index in [0.717, 1.165) is 55.0 Å². The summed E-state index contributed by atoms with van der Waals surface area (Å²) >= 11 is 0. The van der Waals surface area contributed by atoms with Crippen LogP contribution in [0, 0.1) is 0 Å². The van der Waals surface area contributed by atoms with E-state index in [4.69, 9.17) is 29.4 Å². The van der Waals surface area contributed by atoms with Crippen LogP contribution in [0.15, 0.2) is 33.7 Å². The van der Waals surface area contributed by atoms with E-state index in [1.165, 1.54) is 32.8 Å². The van der Waals surface area contributed by atoms with Crippen molar-refractivity contribution in [2.45, 2.75) is 146 Å². The van der Waals surface area contributed by atoms with E-state index in [1.54, 1.807) is 0 Å². The Morgan fingerprint density at radius 3 is 2.40 bits per heavy atom. The van der Waals surface area contributed by atoms with Crippen LogP contribution in [0.2, 0.25) is 0 Å². The Hall–Kier alpha value is -4.10. The van der Waals surface area contributed by atoms with Gasteiger partial charge in [0.2, 0.25) is 18.1 Å². The van der Waals surface area contributed by atoms with Crippen LogP contribution in [-0.2, 0) is 42.9 Å². The van der Waals surface area contributed by atoms with Gasteiger partial charge in [0, 0.05) is 32.3 Å². The van der Waals surface area contributed by atoms with Gasteiger partial charge in [0.05, 0.1) is 0 Å². The fourth-order valence-electron chi connectivity index (χ4n) is 6.59. The van der Waals surface area contributed by atoms with Gasteiger partial charge in [-0.2, -0.15) is 0 Å². The van der Waals surface area contributed by atoms with E-state index in [0.29, 0.717) is 25.8 Å². The van der Waals surface area contributed by atoms with Crippen molar-refractivity contribution in [3.63, 3.8) is 0 Å². The molecule has 3 amide bonds. The fraction of sp³-hybridized carbons (Fsp3) is 0.714. The predicted octanol–water partition coefficient (Wildman–Crippen LogP) is -0.101. The van der Waals surface area contributed by atoms with E-state index in [1.807, 2.05) is 0 Å². The van der Waals surface area contributed by atoms with E-state index in [2.05, 4.69) is 22.5 Å². The van der Waals surface area contributed by atoms with Crippen molar-refractivity contribution in [2.24, 2.45) is 5.73 Å². The molecule has 3 aliphatic rings. The number of nitrogens with two attached hydrogens (primary N) is 1. The summed E-state index contributed by atoms with van der Waals surface area (Å²) in [5, 5.41) is 26.6. The fourth-order valence-corrected chi connectivity index (χ4v) is 6.59. The minimum Gasteiger partial charge on any atom is -0.456 e. The second kappa shape index (κ2) is 20.4. The molecule has 0 spiro atoms. The first-order chi connectivity index (χ1) is 25.4. The van der Waals surface area contributed by atoms with Crippen LogP contribution in [0.1, 0.15) is 96.6 Å². The number of rotatable bonds is 19. The highest BCUT2D eigenvalue weighted by Gasteiger charge is 2.54. The van der Waals surface area contributed by atoms with E-state index in [-0.39, 0.29) is 6.42 Å². The molecule has 53 heavy (non-hydrogen) atoms. The highest BCUT2D eigenvalue weighted by molar-refractivity contribution is 5.95. The number of hydrogen-bond acceptors (Lipinski definition) is 13. The number of unbranched alkanes of at least 4 members (excludes halogenated alkanes) is 8. The van der Waals surface area contributed by atoms with Crippen LogP contribution >= 0.6 is 0 Å². The Kier molecular flexibility index (Phi) is 16.0. The lowest BCUT2D eigenvalue weighted by Crippen LogP contribution is -2.54. The summed E-state index contributed by atoms with van der Waals surface area (Å²) < 4.78 is 29.8. The number of aliphatic hydroxyl groups excluding tert-OH is 2. The molecule has 0 aliphatic carbocycles. The lowest BCUT2D eigenvalue weighted by atomic mass is 10.0. The first-order valence-electron chi connectivity index (χ1n) is 18.4.